The highest BCUT2D eigenvalue weighted by atomic mass is 15.1. The quantitative estimate of drug-likeness (QED) is 0.830. The molecule has 0 aliphatic carbocycles. The lowest BCUT2D eigenvalue weighted by molar-refractivity contribution is 0.188. The maximum absolute atomic E-state index is 5.57. The van der Waals surface area contributed by atoms with E-state index >= 15 is 0 Å². The summed E-state index contributed by atoms with van der Waals surface area (Å²) in [6.45, 7) is 4.27. The van der Waals surface area contributed by atoms with Crippen molar-refractivity contribution in [2.24, 2.45) is 11.7 Å². The molecule has 1 aromatic rings. The molecule has 0 atom stereocenters. The van der Waals surface area contributed by atoms with Crippen LogP contribution in [0, 0.1) is 5.92 Å². The van der Waals surface area contributed by atoms with Gasteiger partial charge in [0.2, 0.25) is 0 Å². The zero-order valence-electron chi connectivity index (χ0n) is 9.81. The average Bonchev–Trinajstić information content (AvgIpc) is 2.33. The first kappa shape index (κ1) is 11.6. The van der Waals surface area contributed by atoms with Crippen LogP contribution in [0.5, 0.6) is 0 Å². The van der Waals surface area contributed by atoms with Crippen molar-refractivity contribution in [1.82, 2.24) is 9.88 Å². The van der Waals surface area contributed by atoms with Crippen molar-refractivity contribution in [2.75, 3.05) is 26.2 Å². The first-order valence-corrected chi connectivity index (χ1v) is 6.20. The highest BCUT2D eigenvalue weighted by molar-refractivity contribution is 5.10. The summed E-state index contributed by atoms with van der Waals surface area (Å²) in [5.41, 5.74) is 6.99. The van der Waals surface area contributed by atoms with Crippen LogP contribution in [0.2, 0.25) is 0 Å². The molecule has 0 saturated carbocycles. The predicted octanol–water partition coefficient (Wildman–Crippen LogP) is 1.29. The Morgan fingerprint density at radius 3 is 2.56 bits per heavy atom. The number of aromatic nitrogens is 1. The van der Waals surface area contributed by atoms with Crippen LogP contribution in [0.1, 0.15) is 18.4 Å². The summed E-state index contributed by atoms with van der Waals surface area (Å²) in [4.78, 5) is 6.53. The summed E-state index contributed by atoms with van der Waals surface area (Å²) in [6, 6.07) is 4.26. The predicted molar refractivity (Wildman–Crippen MR) is 66.2 cm³/mol. The molecule has 0 radical (unpaired) electrons. The van der Waals surface area contributed by atoms with Crippen LogP contribution in [-0.4, -0.2) is 36.1 Å². The molecule has 0 spiro atoms. The van der Waals surface area contributed by atoms with E-state index in [2.05, 4.69) is 22.0 Å². The maximum atomic E-state index is 5.57. The molecule has 0 unspecified atom stereocenters. The molecule has 2 heterocycles. The molecule has 1 aliphatic heterocycles. The van der Waals surface area contributed by atoms with Crippen molar-refractivity contribution in [2.45, 2.75) is 19.3 Å². The largest absolute Gasteiger partial charge is 0.329 e. The third kappa shape index (κ3) is 3.29. The van der Waals surface area contributed by atoms with Gasteiger partial charge in [0, 0.05) is 25.5 Å². The first-order chi connectivity index (χ1) is 7.88. The van der Waals surface area contributed by atoms with Crippen LogP contribution in [0.4, 0.5) is 0 Å². The fraction of sp³-hybridized carbons (Fsp3) is 0.615. The molecular weight excluding hydrogens is 198 g/mol. The number of piperidine rings is 1. The Morgan fingerprint density at radius 2 is 1.94 bits per heavy atom. The van der Waals surface area contributed by atoms with Gasteiger partial charge in [0.1, 0.15) is 0 Å². The van der Waals surface area contributed by atoms with Crippen LogP contribution in [0.25, 0.3) is 0 Å². The monoisotopic (exact) mass is 219 g/mol. The fourth-order valence-corrected chi connectivity index (χ4v) is 2.45. The lowest BCUT2D eigenvalue weighted by Crippen LogP contribution is -2.37. The zero-order valence-corrected chi connectivity index (χ0v) is 9.81. The van der Waals surface area contributed by atoms with Crippen molar-refractivity contribution in [3.63, 3.8) is 0 Å². The van der Waals surface area contributed by atoms with E-state index < -0.39 is 0 Å². The summed E-state index contributed by atoms with van der Waals surface area (Å²) < 4.78 is 0. The summed E-state index contributed by atoms with van der Waals surface area (Å²) in [7, 11) is 0. The number of likely N-dealkylation sites (tertiary alicyclic amines) is 1. The zero-order chi connectivity index (χ0) is 11.2. The number of rotatable bonds is 4. The van der Waals surface area contributed by atoms with Crippen LogP contribution in [0.3, 0.4) is 0 Å². The van der Waals surface area contributed by atoms with Gasteiger partial charge in [-0.05, 0) is 56.0 Å². The second kappa shape index (κ2) is 5.97. The van der Waals surface area contributed by atoms with Crippen molar-refractivity contribution in [1.29, 1.82) is 0 Å². The molecule has 1 saturated heterocycles. The van der Waals surface area contributed by atoms with E-state index in [9.17, 15) is 0 Å². The van der Waals surface area contributed by atoms with Crippen LogP contribution < -0.4 is 5.73 Å². The molecule has 0 bridgehead atoms. The average molecular weight is 219 g/mol. The lowest BCUT2D eigenvalue weighted by atomic mass is 9.90. The number of pyridine rings is 1. The number of hydrogen-bond acceptors (Lipinski definition) is 3. The van der Waals surface area contributed by atoms with Gasteiger partial charge in [0.15, 0.2) is 0 Å². The molecule has 1 fully saturated rings. The first-order valence-electron chi connectivity index (χ1n) is 6.20. The van der Waals surface area contributed by atoms with Crippen LogP contribution in [-0.2, 0) is 6.42 Å². The summed E-state index contributed by atoms with van der Waals surface area (Å²) in [6.07, 6.45) is 7.60. The normalized spacial score (nSPS) is 18.8. The number of nitrogens with zero attached hydrogens (tertiary/aromatic N) is 2. The van der Waals surface area contributed by atoms with Gasteiger partial charge in [-0.2, -0.15) is 0 Å². The Morgan fingerprint density at radius 1 is 1.25 bits per heavy atom. The van der Waals surface area contributed by atoms with E-state index in [4.69, 9.17) is 5.73 Å². The number of nitrogens with two attached hydrogens (primary N) is 1. The molecule has 3 nitrogen and oxygen atoms in total. The molecular formula is C13H21N3. The van der Waals surface area contributed by atoms with E-state index in [-0.39, 0.29) is 0 Å². The van der Waals surface area contributed by atoms with E-state index in [1.165, 1.54) is 37.9 Å². The molecule has 1 aliphatic rings. The lowest BCUT2D eigenvalue weighted by Gasteiger charge is -2.31. The van der Waals surface area contributed by atoms with E-state index in [1.54, 1.807) is 0 Å². The highest BCUT2D eigenvalue weighted by Crippen LogP contribution is 2.20. The highest BCUT2D eigenvalue weighted by Gasteiger charge is 2.18. The Kier molecular flexibility index (Phi) is 4.31. The Balaban J connectivity index is 1.77. The van der Waals surface area contributed by atoms with Gasteiger partial charge in [-0.3, -0.25) is 4.98 Å². The maximum Gasteiger partial charge on any atom is 0.0270 e. The smallest absolute Gasteiger partial charge is 0.0270 e. The van der Waals surface area contributed by atoms with Gasteiger partial charge >= 0.3 is 0 Å². The fourth-order valence-electron chi connectivity index (χ4n) is 2.45. The van der Waals surface area contributed by atoms with E-state index in [0.717, 1.165) is 19.0 Å². The van der Waals surface area contributed by atoms with Crippen molar-refractivity contribution in [3.8, 4) is 0 Å². The second-order valence-electron chi connectivity index (χ2n) is 4.63. The van der Waals surface area contributed by atoms with Crippen molar-refractivity contribution >= 4 is 0 Å². The molecule has 2 N–H and O–H groups in total. The second-order valence-corrected chi connectivity index (χ2v) is 4.63. The SMILES string of the molecule is NCCN1CCC(Cc2ccncc2)CC1. The Bertz CT molecular complexity index is 291. The van der Waals surface area contributed by atoms with Gasteiger partial charge < -0.3 is 10.6 Å². The molecule has 16 heavy (non-hydrogen) atoms. The molecule has 1 aromatic heterocycles. The molecule has 88 valence electrons. The van der Waals surface area contributed by atoms with Crippen LogP contribution in [0.15, 0.2) is 24.5 Å². The number of hydrogen-bond donors (Lipinski definition) is 1. The third-order valence-electron chi connectivity index (χ3n) is 3.43. The van der Waals surface area contributed by atoms with Gasteiger partial charge in [-0.1, -0.05) is 0 Å². The summed E-state index contributed by atoms with van der Waals surface area (Å²) in [5, 5.41) is 0. The summed E-state index contributed by atoms with van der Waals surface area (Å²) in [5.74, 6) is 0.844. The minimum Gasteiger partial charge on any atom is -0.329 e. The minimum atomic E-state index is 0.787. The Labute approximate surface area is 97.7 Å². The standard InChI is InChI=1S/C13H21N3/c14-5-10-16-8-3-13(4-9-16)11-12-1-6-15-7-2-12/h1-2,6-7,13H,3-5,8-11,14H2. The van der Waals surface area contributed by atoms with Gasteiger partial charge in [-0.25, -0.2) is 0 Å². The molecule has 0 aromatic carbocycles. The minimum absolute atomic E-state index is 0.787. The van der Waals surface area contributed by atoms with Crippen molar-refractivity contribution in [3.05, 3.63) is 30.1 Å². The molecule has 2 rings (SSSR count). The van der Waals surface area contributed by atoms with E-state index in [1.807, 2.05) is 12.4 Å². The van der Waals surface area contributed by atoms with E-state index in [0.29, 0.717) is 0 Å². The topological polar surface area (TPSA) is 42.1 Å². The van der Waals surface area contributed by atoms with Gasteiger partial charge in [0.25, 0.3) is 0 Å². The Hall–Kier alpha value is -0.930. The molecule has 0 amide bonds. The molecule has 3 heteroatoms. The summed E-state index contributed by atoms with van der Waals surface area (Å²) >= 11 is 0. The van der Waals surface area contributed by atoms with Crippen LogP contribution >= 0.6 is 0 Å². The van der Waals surface area contributed by atoms with Crippen molar-refractivity contribution < 1.29 is 0 Å². The third-order valence-corrected chi connectivity index (χ3v) is 3.43. The van der Waals surface area contributed by atoms with Gasteiger partial charge in [-0.15, -0.1) is 0 Å². The van der Waals surface area contributed by atoms with Gasteiger partial charge in [0.05, 0.1) is 0 Å².